The predicted octanol–water partition coefficient (Wildman–Crippen LogP) is 4.14. The van der Waals surface area contributed by atoms with Gasteiger partial charge in [0.2, 0.25) is 6.79 Å². The van der Waals surface area contributed by atoms with Crippen LogP contribution in [0.2, 0.25) is 0 Å². The molecule has 1 atom stereocenters. The third-order valence-electron chi connectivity index (χ3n) is 5.99. The molecule has 1 N–H and O–H groups in total. The van der Waals surface area contributed by atoms with Gasteiger partial charge in [0, 0.05) is 24.8 Å². The van der Waals surface area contributed by atoms with Crippen LogP contribution in [0.5, 0.6) is 11.5 Å². The molecule has 0 spiro atoms. The maximum atomic E-state index is 13.1. The molecular weight excluding hydrogens is 396 g/mol. The third kappa shape index (κ3) is 4.45. The van der Waals surface area contributed by atoms with Crippen LogP contribution in [0.25, 0.3) is 0 Å². The zero-order valence-corrected chi connectivity index (χ0v) is 18.0. The van der Waals surface area contributed by atoms with Crippen molar-refractivity contribution in [3.8, 4) is 11.5 Å². The van der Waals surface area contributed by atoms with Gasteiger partial charge in [0.05, 0.1) is 12.0 Å². The zero-order valence-electron chi connectivity index (χ0n) is 18.0. The minimum absolute atomic E-state index is 0.180. The number of hydrogen-bond donors (Lipinski definition) is 1. The van der Waals surface area contributed by atoms with Crippen LogP contribution in [-0.4, -0.2) is 43.4 Å². The van der Waals surface area contributed by atoms with E-state index in [9.17, 15) is 9.59 Å². The number of rotatable bonds is 5. The van der Waals surface area contributed by atoms with Crippen LogP contribution >= 0.6 is 0 Å². The summed E-state index contributed by atoms with van der Waals surface area (Å²) < 4.78 is 16.2. The number of carbonyl (C=O) groups excluding carboxylic acids is 2. The van der Waals surface area contributed by atoms with Gasteiger partial charge in [-0.3, -0.25) is 4.79 Å². The number of hydrogen-bond acceptors (Lipinski definition) is 5. The SMILES string of the molecule is CCOC(=O)[C@@]1(Cc2ccccc2C)CCCN(C(=O)Nc2ccc3c(c2)OCO3)C1. The molecule has 31 heavy (non-hydrogen) atoms. The first-order valence-corrected chi connectivity index (χ1v) is 10.7. The fraction of sp³-hybridized carbons (Fsp3) is 0.417. The van der Waals surface area contributed by atoms with Gasteiger partial charge in [-0.05, 0) is 56.4 Å². The molecule has 2 aromatic carbocycles. The second-order valence-electron chi connectivity index (χ2n) is 8.13. The van der Waals surface area contributed by atoms with Crippen LogP contribution in [-0.2, 0) is 16.0 Å². The zero-order chi connectivity index (χ0) is 21.8. The van der Waals surface area contributed by atoms with E-state index in [2.05, 4.69) is 5.32 Å². The summed E-state index contributed by atoms with van der Waals surface area (Å²) in [5.74, 6) is 1.03. The maximum Gasteiger partial charge on any atom is 0.321 e. The lowest BCUT2D eigenvalue weighted by Gasteiger charge is -2.41. The third-order valence-corrected chi connectivity index (χ3v) is 5.99. The molecule has 7 heteroatoms. The number of carbonyl (C=O) groups is 2. The molecule has 1 saturated heterocycles. The van der Waals surface area contributed by atoms with Crippen LogP contribution in [0.4, 0.5) is 10.5 Å². The first-order valence-electron chi connectivity index (χ1n) is 10.7. The second-order valence-corrected chi connectivity index (χ2v) is 8.13. The highest BCUT2D eigenvalue weighted by Gasteiger charge is 2.45. The van der Waals surface area contributed by atoms with Gasteiger partial charge >= 0.3 is 12.0 Å². The van der Waals surface area contributed by atoms with Crippen molar-refractivity contribution in [2.24, 2.45) is 5.41 Å². The van der Waals surface area contributed by atoms with Gasteiger partial charge in [0.1, 0.15) is 0 Å². The number of piperidine rings is 1. The van der Waals surface area contributed by atoms with Crippen LogP contribution in [0.15, 0.2) is 42.5 Å². The van der Waals surface area contributed by atoms with Crippen molar-refractivity contribution in [1.29, 1.82) is 0 Å². The largest absolute Gasteiger partial charge is 0.466 e. The van der Waals surface area contributed by atoms with Gasteiger partial charge in [-0.25, -0.2) is 4.79 Å². The minimum Gasteiger partial charge on any atom is -0.466 e. The van der Waals surface area contributed by atoms with E-state index in [-0.39, 0.29) is 18.8 Å². The van der Waals surface area contributed by atoms with Gasteiger partial charge in [-0.15, -0.1) is 0 Å². The quantitative estimate of drug-likeness (QED) is 0.730. The Labute approximate surface area is 182 Å². The summed E-state index contributed by atoms with van der Waals surface area (Å²) in [6.07, 6.45) is 1.97. The van der Waals surface area contributed by atoms with Crippen molar-refractivity contribution in [3.05, 3.63) is 53.6 Å². The Morgan fingerprint density at radius 1 is 1.16 bits per heavy atom. The number of benzene rings is 2. The number of nitrogens with one attached hydrogen (secondary N) is 1. The Balaban J connectivity index is 1.53. The maximum absolute atomic E-state index is 13.1. The Hall–Kier alpha value is -3.22. The van der Waals surface area contributed by atoms with Crippen LogP contribution in [0.3, 0.4) is 0 Å². The van der Waals surface area contributed by atoms with E-state index in [1.165, 1.54) is 0 Å². The van der Waals surface area contributed by atoms with E-state index in [4.69, 9.17) is 14.2 Å². The number of anilines is 1. The Morgan fingerprint density at radius 2 is 1.97 bits per heavy atom. The molecule has 2 aliphatic heterocycles. The van der Waals surface area contributed by atoms with Crippen molar-refractivity contribution in [3.63, 3.8) is 0 Å². The molecule has 2 aliphatic rings. The Bertz CT molecular complexity index is 976. The number of esters is 1. The monoisotopic (exact) mass is 424 g/mol. The van der Waals surface area contributed by atoms with Crippen molar-refractivity contribution in [2.45, 2.75) is 33.1 Å². The van der Waals surface area contributed by atoms with E-state index < -0.39 is 5.41 Å². The number of nitrogens with zero attached hydrogens (tertiary/aromatic N) is 1. The molecule has 0 unspecified atom stereocenters. The predicted molar refractivity (Wildman–Crippen MR) is 116 cm³/mol. The van der Waals surface area contributed by atoms with E-state index in [0.717, 1.165) is 17.5 Å². The highest BCUT2D eigenvalue weighted by atomic mass is 16.7. The summed E-state index contributed by atoms with van der Waals surface area (Å²) >= 11 is 0. The normalized spacial score (nSPS) is 19.7. The number of likely N-dealkylation sites (tertiary alicyclic amines) is 1. The number of urea groups is 1. The fourth-order valence-electron chi connectivity index (χ4n) is 4.32. The number of amides is 2. The van der Waals surface area contributed by atoms with E-state index >= 15 is 0 Å². The summed E-state index contributed by atoms with van der Waals surface area (Å²) in [6, 6.07) is 13.1. The van der Waals surface area contributed by atoms with E-state index in [1.54, 1.807) is 23.1 Å². The van der Waals surface area contributed by atoms with Crippen molar-refractivity contribution < 1.29 is 23.8 Å². The van der Waals surface area contributed by atoms with Crippen molar-refractivity contribution >= 4 is 17.7 Å². The highest BCUT2D eigenvalue weighted by Crippen LogP contribution is 2.37. The average molecular weight is 424 g/mol. The fourth-order valence-corrected chi connectivity index (χ4v) is 4.32. The molecule has 4 rings (SSSR count). The molecule has 7 nitrogen and oxygen atoms in total. The topological polar surface area (TPSA) is 77.1 Å². The highest BCUT2D eigenvalue weighted by molar-refractivity contribution is 5.90. The van der Waals surface area contributed by atoms with Gasteiger partial charge in [0.15, 0.2) is 11.5 Å². The van der Waals surface area contributed by atoms with Gasteiger partial charge in [-0.1, -0.05) is 24.3 Å². The summed E-state index contributed by atoms with van der Waals surface area (Å²) in [5.41, 5.74) is 2.11. The van der Waals surface area contributed by atoms with Crippen LogP contribution in [0.1, 0.15) is 30.9 Å². The number of ether oxygens (including phenoxy) is 3. The molecule has 0 bridgehead atoms. The number of fused-ring (bicyclic) bond motifs is 1. The van der Waals surface area contributed by atoms with Gasteiger partial charge in [0.25, 0.3) is 0 Å². The minimum atomic E-state index is -0.757. The lowest BCUT2D eigenvalue weighted by atomic mass is 9.74. The molecule has 0 aromatic heterocycles. The molecule has 0 aliphatic carbocycles. The smallest absolute Gasteiger partial charge is 0.321 e. The first kappa shape index (κ1) is 21.0. The summed E-state index contributed by atoms with van der Waals surface area (Å²) in [6.45, 7) is 5.26. The van der Waals surface area contributed by atoms with Gasteiger partial charge in [-0.2, -0.15) is 0 Å². The van der Waals surface area contributed by atoms with Crippen LogP contribution in [0, 0.1) is 12.3 Å². The number of aryl methyl sites for hydroxylation is 1. The van der Waals surface area contributed by atoms with E-state index in [1.807, 2.05) is 38.1 Å². The molecule has 0 saturated carbocycles. The molecule has 2 amide bonds. The lowest BCUT2D eigenvalue weighted by Crippen LogP contribution is -2.52. The first-order chi connectivity index (χ1) is 15.0. The molecule has 2 aromatic rings. The molecular formula is C24H28N2O5. The second kappa shape index (κ2) is 8.88. The Kier molecular flexibility index (Phi) is 6.02. The molecule has 0 radical (unpaired) electrons. The van der Waals surface area contributed by atoms with Gasteiger partial charge < -0.3 is 24.4 Å². The van der Waals surface area contributed by atoms with Crippen molar-refractivity contribution in [2.75, 3.05) is 31.8 Å². The summed E-state index contributed by atoms with van der Waals surface area (Å²) in [7, 11) is 0. The van der Waals surface area contributed by atoms with Crippen LogP contribution < -0.4 is 14.8 Å². The molecule has 1 fully saturated rings. The van der Waals surface area contributed by atoms with E-state index in [0.29, 0.717) is 49.7 Å². The summed E-state index contributed by atoms with van der Waals surface area (Å²) in [5, 5.41) is 2.92. The summed E-state index contributed by atoms with van der Waals surface area (Å²) in [4.78, 5) is 27.8. The van der Waals surface area contributed by atoms with Crippen molar-refractivity contribution in [1.82, 2.24) is 4.90 Å². The molecule has 2 heterocycles. The molecule has 164 valence electrons. The average Bonchev–Trinajstić information content (AvgIpc) is 3.23. The lowest BCUT2D eigenvalue weighted by molar-refractivity contribution is -0.158. The Morgan fingerprint density at radius 3 is 2.77 bits per heavy atom. The standard InChI is InChI=1S/C24H28N2O5/c1-3-29-22(27)24(14-18-8-5-4-7-17(18)2)11-6-12-26(15-24)23(28)25-19-9-10-20-21(13-19)31-16-30-20/h4-5,7-10,13H,3,6,11-12,14-16H2,1-2H3,(H,25,28)/t24-/m1/s1.